The maximum Gasteiger partial charge on any atom is 0.255 e. The van der Waals surface area contributed by atoms with Gasteiger partial charge < -0.3 is 9.80 Å². The van der Waals surface area contributed by atoms with Crippen LogP contribution in [0.1, 0.15) is 62.7 Å². The van der Waals surface area contributed by atoms with Crippen LogP contribution in [0.4, 0.5) is 0 Å². The van der Waals surface area contributed by atoms with Crippen molar-refractivity contribution >= 4 is 35.2 Å². The standard InChI is InChI=1S/C22H31ClN2O2S/c1-3-5-7-17(4-2)20(26)24-12-10-22(11-13-24)25(14-15-28-22)21(27)18-8-6-9-19(23)16-18/h6,8-9,16-17H,3-5,7,10-15H2,1-2H3/t17-/m1/s1. The first kappa shape index (κ1) is 21.5. The van der Waals surface area contributed by atoms with E-state index < -0.39 is 0 Å². The van der Waals surface area contributed by atoms with Crippen molar-refractivity contribution in [3.8, 4) is 0 Å². The molecule has 2 saturated heterocycles. The Morgan fingerprint density at radius 2 is 1.96 bits per heavy atom. The van der Waals surface area contributed by atoms with E-state index in [2.05, 4.69) is 13.8 Å². The molecular formula is C22H31ClN2O2S. The second-order valence-electron chi connectivity index (χ2n) is 7.83. The summed E-state index contributed by atoms with van der Waals surface area (Å²) in [4.78, 5) is 30.0. The first-order valence-electron chi connectivity index (χ1n) is 10.5. The normalized spacial score (nSPS) is 19.8. The van der Waals surface area contributed by atoms with Crippen LogP contribution in [0.15, 0.2) is 24.3 Å². The van der Waals surface area contributed by atoms with E-state index in [-0.39, 0.29) is 16.7 Å². The zero-order valence-corrected chi connectivity index (χ0v) is 18.5. The van der Waals surface area contributed by atoms with Gasteiger partial charge in [-0.1, -0.05) is 44.4 Å². The second-order valence-corrected chi connectivity index (χ2v) is 9.73. The van der Waals surface area contributed by atoms with Gasteiger partial charge in [-0.2, -0.15) is 0 Å². The number of halogens is 1. The van der Waals surface area contributed by atoms with E-state index in [4.69, 9.17) is 11.6 Å². The number of unbranched alkanes of at least 4 members (excludes halogenated alkanes) is 1. The summed E-state index contributed by atoms with van der Waals surface area (Å²) in [5, 5.41) is 0.588. The van der Waals surface area contributed by atoms with Gasteiger partial charge in [0.15, 0.2) is 0 Å². The van der Waals surface area contributed by atoms with Gasteiger partial charge >= 0.3 is 0 Å². The van der Waals surface area contributed by atoms with Crippen molar-refractivity contribution < 1.29 is 9.59 Å². The lowest BCUT2D eigenvalue weighted by Gasteiger charge is -2.44. The van der Waals surface area contributed by atoms with Crippen molar-refractivity contribution in [3.63, 3.8) is 0 Å². The molecule has 2 heterocycles. The van der Waals surface area contributed by atoms with Crippen LogP contribution in [0.2, 0.25) is 5.02 Å². The number of benzene rings is 1. The van der Waals surface area contributed by atoms with Crippen molar-refractivity contribution in [2.45, 2.75) is 57.2 Å². The van der Waals surface area contributed by atoms with Gasteiger partial charge in [0, 0.05) is 41.9 Å². The van der Waals surface area contributed by atoms with Crippen LogP contribution in [-0.4, -0.2) is 51.9 Å². The van der Waals surface area contributed by atoms with Gasteiger partial charge in [0.2, 0.25) is 5.91 Å². The van der Waals surface area contributed by atoms with E-state index in [1.807, 2.05) is 33.7 Å². The van der Waals surface area contributed by atoms with Crippen LogP contribution in [0.25, 0.3) is 0 Å². The Morgan fingerprint density at radius 3 is 2.61 bits per heavy atom. The number of nitrogens with zero attached hydrogens (tertiary/aromatic N) is 2. The van der Waals surface area contributed by atoms with Crippen LogP contribution < -0.4 is 0 Å². The lowest BCUT2D eigenvalue weighted by atomic mass is 9.95. The molecule has 154 valence electrons. The maximum absolute atomic E-state index is 13.1. The summed E-state index contributed by atoms with van der Waals surface area (Å²) in [6, 6.07) is 7.20. The molecular weight excluding hydrogens is 392 g/mol. The molecule has 2 fully saturated rings. The van der Waals surface area contributed by atoms with Crippen LogP contribution >= 0.6 is 23.4 Å². The minimum absolute atomic E-state index is 0.0571. The highest BCUT2D eigenvalue weighted by Crippen LogP contribution is 2.44. The van der Waals surface area contributed by atoms with Gasteiger partial charge in [-0.25, -0.2) is 0 Å². The Bertz CT molecular complexity index is 704. The minimum atomic E-state index is -0.179. The third-order valence-electron chi connectivity index (χ3n) is 6.10. The summed E-state index contributed by atoms with van der Waals surface area (Å²) in [5.74, 6) is 1.46. The first-order valence-corrected chi connectivity index (χ1v) is 11.9. The van der Waals surface area contributed by atoms with Crippen molar-refractivity contribution in [2.75, 3.05) is 25.4 Å². The summed E-state index contributed by atoms with van der Waals surface area (Å²) >= 11 is 7.96. The molecule has 4 nitrogen and oxygen atoms in total. The van der Waals surface area contributed by atoms with Gasteiger partial charge in [-0.15, -0.1) is 11.8 Å². The molecule has 0 aliphatic carbocycles. The third kappa shape index (κ3) is 4.51. The van der Waals surface area contributed by atoms with Gasteiger partial charge in [-0.05, 0) is 43.9 Å². The van der Waals surface area contributed by atoms with Crippen LogP contribution in [-0.2, 0) is 4.79 Å². The highest BCUT2D eigenvalue weighted by atomic mass is 35.5. The quantitative estimate of drug-likeness (QED) is 0.642. The molecule has 0 unspecified atom stereocenters. The van der Waals surface area contributed by atoms with E-state index in [0.29, 0.717) is 16.5 Å². The van der Waals surface area contributed by atoms with Crippen LogP contribution in [0.5, 0.6) is 0 Å². The topological polar surface area (TPSA) is 40.6 Å². The van der Waals surface area contributed by atoms with E-state index in [9.17, 15) is 9.59 Å². The summed E-state index contributed by atoms with van der Waals surface area (Å²) < 4.78 is 0. The molecule has 6 heteroatoms. The van der Waals surface area contributed by atoms with E-state index in [0.717, 1.165) is 63.9 Å². The number of amides is 2. The smallest absolute Gasteiger partial charge is 0.255 e. The molecule has 28 heavy (non-hydrogen) atoms. The fraction of sp³-hybridized carbons (Fsp3) is 0.636. The van der Waals surface area contributed by atoms with Gasteiger partial charge in [-0.3, -0.25) is 9.59 Å². The Hall–Kier alpha value is -1.20. The maximum atomic E-state index is 13.1. The minimum Gasteiger partial charge on any atom is -0.342 e. The monoisotopic (exact) mass is 422 g/mol. The number of hydrogen-bond acceptors (Lipinski definition) is 3. The highest BCUT2D eigenvalue weighted by molar-refractivity contribution is 8.00. The number of carbonyl (C=O) groups is 2. The molecule has 2 aliphatic heterocycles. The molecule has 0 saturated carbocycles. The van der Waals surface area contributed by atoms with E-state index >= 15 is 0 Å². The molecule has 0 N–H and O–H groups in total. The Morgan fingerprint density at radius 1 is 1.21 bits per heavy atom. The number of rotatable bonds is 6. The fourth-order valence-electron chi connectivity index (χ4n) is 4.37. The molecule has 0 radical (unpaired) electrons. The molecule has 0 aromatic heterocycles. The number of piperidine rings is 1. The Labute approximate surface area is 178 Å². The lowest BCUT2D eigenvalue weighted by molar-refractivity contribution is -0.137. The van der Waals surface area contributed by atoms with Crippen molar-refractivity contribution in [2.24, 2.45) is 5.92 Å². The Kier molecular flexibility index (Phi) is 7.32. The lowest BCUT2D eigenvalue weighted by Crippen LogP contribution is -2.54. The highest BCUT2D eigenvalue weighted by Gasteiger charge is 2.47. The molecule has 3 rings (SSSR count). The summed E-state index contributed by atoms with van der Waals surface area (Å²) in [7, 11) is 0. The number of likely N-dealkylation sites (tertiary alicyclic amines) is 1. The summed E-state index contributed by atoms with van der Waals surface area (Å²) in [6.07, 6.45) is 5.83. The second kappa shape index (κ2) is 9.53. The van der Waals surface area contributed by atoms with Gasteiger partial charge in [0.25, 0.3) is 5.91 Å². The van der Waals surface area contributed by atoms with Crippen molar-refractivity contribution in [1.29, 1.82) is 0 Å². The van der Waals surface area contributed by atoms with Crippen LogP contribution in [0.3, 0.4) is 0 Å². The fourth-order valence-corrected chi connectivity index (χ4v) is 6.02. The molecule has 2 aliphatic rings. The average molecular weight is 423 g/mol. The zero-order valence-electron chi connectivity index (χ0n) is 17.0. The van der Waals surface area contributed by atoms with Crippen molar-refractivity contribution in [1.82, 2.24) is 9.80 Å². The molecule has 0 bridgehead atoms. The number of hydrogen-bond donors (Lipinski definition) is 0. The zero-order chi connectivity index (χ0) is 20.1. The van der Waals surface area contributed by atoms with Crippen molar-refractivity contribution in [3.05, 3.63) is 34.9 Å². The SMILES string of the molecule is CCCC[C@@H](CC)C(=O)N1CCC2(CC1)SCCN2C(=O)c1cccc(Cl)c1. The Balaban J connectivity index is 1.66. The molecule has 2 amide bonds. The average Bonchev–Trinajstić information content (AvgIpc) is 3.11. The van der Waals surface area contributed by atoms with E-state index in [1.54, 1.807) is 12.1 Å². The predicted octanol–water partition coefficient (Wildman–Crippen LogP) is 5.06. The van der Waals surface area contributed by atoms with Gasteiger partial charge in [0.05, 0.1) is 4.87 Å². The summed E-state index contributed by atoms with van der Waals surface area (Å²) in [5.41, 5.74) is 0.651. The largest absolute Gasteiger partial charge is 0.342 e. The van der Waals surface area contributed by atoms with E-state index in [1.165, 1.54) is 0 Å². The van der Waals surface area contributed by atoms with Gasteiger partial charge in [0.1, 0.15) is 0 Å². The van der Waals surface area contributed by atoms with Crippen LogP contribution in [0, 0.1) is 5.92 Å². The number of carbonyl (C=O) groups excluding carboxylic acids is 2. The molecule has 1 aromatic carbocycles. The third-order valence-corrected chi connectivity index (χ3v) is 7.89. The first-order chi connectivity index (χ1) is 13.5. The number of thioether (sulfide) groups is 1. The predicted molar refractivity (Wildman–Crippen MR) is 117 cm³/mol. The molecule has 1 aromatic rings. The molecule has 1 spiro atoms. The molecule has 1 atom stereocenters. The summed E-state index contributed by atoms with van der Waals surface area (Å²) in [6.45, 7) is 6.53.